The van der Waals surface area contributed by atoms with E-state index >= 15 is 0 Å². The van der Waals surface area contributed by atoms with Gasteiger partial charge in [-0.25, -0.2) is 9.97 Å². The van der Waals surface area contributed by atoms with Crippen molar-refractivity contribution in [1.29, 1.82) is 5.26 Å². The molecule has 2 aliphatic carbocycles. The number of hydrogen-bond acceptors (Lipinski definition) is 6. The third kappa shape index (κ3) is 3.42. The van der Waals surface area contributed by atoms with E-state index in [1.54, 1.807) is 0 Å². The molecule has 2 aromatic rings. The fourth-order valence-electron chi connectivity index (χ4n) is 3.98. The van der Waals surface area contributed by atoms with Crippen LogP contribution in [0.15, 0.2) is 36.4 Å². The van der Waals surface area contributed by atoms with Crippen molar-refractivity contribution in [3.8, 4) is 6.07 Å². The zero-order valence-electron chi connectivity index (χ0n) is 15.5. The average molecular weight is 360 g/mol. The van der Waals surface area contributed by atoms with Gasteiger partial charge in [0.25, 0.3) is 0 Å². The zero-order chi connectivity index (χ0) is 18.2. The molecule has 1 aromatic heterocycles. The highest BCUT2D eigenvalue weighted by atomic mass is 15.3. The minimum absolute atomic E-state index is 0.291. The van der Waals surface area contributed by atoms with E-state index in [2.05, 4.69) is 67.1 Å². The Morgan fingerprint density at radius 2 is 1.52 bits per heavy atom. The lowest BCUT2D eigenvalue weighted by Crippen LogP contribution is -2.47. The molecule has 1 aromatic carbocycles. The maximum absolute atomic E-state index is 9.45. The van der Waals surface area contributed by atoms with Gasteiger partial charge in [0.05, 0.1) is 0 Å². The van der Waals surface area contributed by atoms with Gasteiger partial charge in [0.2, 0.25) is 5.82 Å². The van der Waals surface area contributed by atoms with Crippen LogP contribution < -0.4 is 14.7 Å². The quantitative estimate of drug-likeness (QED) is 0.817. The molecule has 27 heavy (non-hydrogen) atoms. The molecule has 6 heteroatoms. The Morgan fingerprint density at radius 1 is 0.889 bits per heavy atom. The summed E-state index contributed by atoms with van der Waals surface area (Å²) in [7, 11) is 0. The van der Waals surface area contributed by atoms with E-state index in [9.17, 15) is 5.26 Å². The number of anilines is 3. The van der Waals surface area contributed by atoms with Crippen LogP contribution in [0.25, 0.3) is 0 Å². The second-order valence-electron chi connectivity index (χ2n) is 7.70. The van der Waals surface area contributed by atoms with Crippen molar-refractivity contribution in [2.75, 3.05) is 40.9 Å². The van der Waals surface area contributed by atoms with Crippen molar-refractivity contribution in [2.45, 2.75) is 37.8 Å². The van der Waals surface area contributed by atoms with E-state index in [4.69, 9.17) is 0 Å². The van der Waals surface area contributed by atoms with Gasteiger partial charge in [-0.15, -0.1) is 0 Å². The summed E-state index contributed by atoms with van der Waals surface area (Å²) in [6.45, 7) is 3.73. The number of nitriles is 1. The molecule has 0 spiro atoms. The van der Waals surface area contributed by atoms with Gasteiger partial charge in [-0.3, -0.25) is 0 Å². The van der Waals surface area contributed by atoms with E-state index in [0.717, 1.165) is 37.8 Å². The van der Waals surface area contributed by atoms with Gasteiger partial charge in [-0.1, -0.05) is 18.2 Å². The second kappa shape index (κ2) is 6.73. The smallest absolute Gasteiger partial charge is 0.236 e. The van der Waals surface area contributed by atoms with Crippen LogP contribution in [0, 0.1) is 11.3 Å². The number of piperazine rings is 1. The number of nitrogens with zero attached hydrogens (tertiary/aromatic N) is 6. The summed E-state index contributed by atoms with van der Waals surface area (Å²) in [5, 5.41) is 9.45. The maximum Gasteiger partial charge on any atom is 0.236 e. The minimum atomic E-state index is 0.291. The molecule has 0 amide bonds. The molecule has 3 fully saturated rings. The number of benzene rings is 1. The molecule has 0 radical (unpaired) electrons. The molecule has 2 saturated carbocycles. The number of hydrogen-bond donors (Lipinski definition) is 0. The number of aromatic nitrogens is 2. The normalized spacial score (nSPS) is 19.7. The number of rotatable bonds is 5. The molecule has 138 valence electrons. The van der Waals surface area contributed by atoms with Crippen LogP contribution in [-0.2, 0) is 0 Å². The molecule has 0 N–H and O–H groups in total. The van der Waals surface area contributed by atoms with Crippen molar-refractivity contribution in [3.63, 3.8) is 0 Å². The Labute approximate surface area is 160 Å². The second-order valence-corrected chi connectivity index (χ2v) is 7.70. The average Bonchev–Trinajstić information content (AvgIpc) is 3.65. The first kappa shape index (κ1) is 16.4. The third-order valence-corrected chi connectivity index (χ3v) is 5.67. The van der Waals surface area contributed by atoms with Crippen molar-refractivity contribution in [2.24, 2.45) is 0 Å². The van der Waals surface area contributed by atoms with Crippen LogP contribution >= 0.6 is 0 Å². The Morgan fingerprint density at radius 3 is 2.11 bits per heavy atom. The van der Waals surface area contributed by atoms with Gasteiger partial charge < -0.3 is 14.7 Å². The van der Waals surface area contributed by atoms with Crippen molar-refractivity contribution in [3.05, 3.63) is 42.2 Å². The summed E-state index contributed by atoms with van der Waals surface area (Å²) >= 11 is 0. The summed E-state index contributed by atoms with van der Waals surface area (Å²) in [4.78, 5) is 16.2. The summed E-state index contributed by atoms with van der Waals surface area (Å²) < 4.78 is 0. The largest absolute Gasteiger partial charge is 0.368 e. The Bertz CT molecular complexity index is 833. The Balaban J connectivity index is 1.36. The molecule has 6 nitrogen and oxygen atoms in total. The molecule has 2 heterocycles. The van der Waals surface area contributed by atoms with Gasteiger partial charge >= 0.3 is 0 Å². The highest BCUT2D eigenvalue weighted by Crippen LogP contribution is 2.40. The predicted molar refractivity (Wildman–Crippen MR) is 106 cm³/mol. The third-order valence-electron chi connectivity index (χ3n) is 5.67. The molecule has 5 rings (SSSR count). The first-order valence-corrected chi connectivity index (χ1v) is 9.94. The first-order chi connectivity index (χ1) is 13.3. The minimum Gasteiger partial charge on any atom is -0.368 e. The lowest BCUT2D eigenvalue weighted by Gasteiger charge is -2.37. The van der Waals surface area contributed by atoms with Crippen molar-refractivity contribution >= 4 is 17.3 Å². The van der Waals surface area contributed by atoms with Crippen molar-refractivity contribution in [1.82, 2.24) is 9.97 Å². The van der Waals surface area contributed by atoms with E-state index in [-0.39, 0.29) is 0 Å². The van der Waals surface area contributed by atoms with Gasteiger partial charge in [0, 0.05) is 50.0 Å². The fraction of sp³-hybridized carbons (Fsp3) is 0.476. The Hall–Kier alpha value is -2.81. The summed E-state index contributed by atoms with van der Waals surface area (Å²) in [6.07, 6.45) is 4.97. The lowest BCUT2D eigenvalue weighted by molar-refractivity contribution is 0.645. The molecule has 0 bridgehead atoms. The molecule has 1 aliphatic heterocycles. The van der Waals surface area contributed by atoms with E-state index in [1.165, 1.54) is 31.4 Å². The van der Waals surface area contributed by atoms with Gasteiger partial charge in [0.15, 0.2) is 0 Å². The monoisotopic (exact) mass is 360 g/mol. The summed E-state index contributed by atoms with van der Waals surface area (Å²) in [5.41, 5.74) is 1.27. The van der Waals surface area contributed by atoms with Crippen LogP contribution in [-0.4, -0.2) is 48.2 Å². The standard InChI is InChI=1S/C21H24N6/c22-15-19-23-20(14-21(24-19)27(17-6-7-17)18-8-9-18)26-12-10-25(11-13-26)16-4-2-1-3-5-16/h1-5,14,17-18H,6-13H2. The van der Waals surface area contributed by atoms with E-state index in [0.29, 0.717) is 17.9 Å². The molecular weight excluding hydrogens is 336 g/mol. The van der Waals surface area contributed by atoms with E-state index in [1.807, 2.05) is 0 Å². The van der Waals surface area contributed by atoms with E-state index < -0.39 is 0 Å². The van der Waals surface area contributed by atoms with Gasteiger partial charge in [-0.2, -0.15) is 5.26 Å². The SMILES string of the molecule is N#Cc1nc(N2CCN(c3ccccc3)CC2)cc(N(C2CC2)C2CC2)n1. The number of para-hydroxylation sites is 1. The maximum atomic E-state index is 9.45. The van der Waals surface area contributed by atoms with Gasteiger partial charge in [0.1, 0.15) is 17.7 Å². The summed E-state index contributed by atoms with van der Waals surface area (Å²) in [6, 6.07) is 16.0. The Kier molecular flexibility index (Phi) is 4.08. The molecular formula is C21H24N6. The zero-order valence-corrected chi connectivity index (χ0v) is 15.5. The lowest BCUT2D eigenvalue weighted by atomic mass is 10.2. The topological polar surface area (TPSA) is 59.3 Å². The van der Waals surface area contributed by atoms with Crippen LogP contribution in [0.1, 0.15) is 31.5 Å². The van der Waals surface area contributed by atoms with Crippen LogP contribution in [0.4, 0.5) is 17.3 Å². The highest BCUT2D eigenvalue weighted by molar-refractivity contribution is 5.56. The predicted octanol–water partition coefficient (Wildman–Crippen LogP) is 2.81. The van der Waals surface area contributed by atoms with Gasteiger partial charge in [-0.05, 0) is 37.8 Å². The molecule has 0 atom stereocenters. The molecule has 1 saturated heterocycles. The molecule has 0 unspecified atom stereocenters. The van der Waals surface area contributed by atoms with Crippen LogP contribution in [0.3, 0.4) is 0 Å². The molecule has 3 aliphatic rings. The highest BCUT2D eigenvalue weighted by Gasteiger charge is 2.40. The van der Waals surface area contributed by atoms with Crippen LogP contribution in [0.5, 0.6) is 0 Å². The summed E-state index contributed by atoms with van der Waals surface area (Å²) in [5.74, 6) is 2.14. The van der Waals surface area contributed by atoms with Crippen LogP contribution in [0.2, 0.25) is 0 Å². The van der Waals surface area contributed by atoms with Crippen molar-refractivity contribution < 1.29 is 0 Å². The first-order valence-electron chi connectivity index (χ1n) is 9.94. The fourth-order valence-corrected chi connectivity index (χ4v) is 3.98.